The summed E-state index contributed by atoms with van der Waals surface area (Å²) >= 11 is 13.5. The zero-order chi connectivity index (χ0) is 50.2. The van der Waals surface area contributed by atoms with Gasteiger partial charge < -0.3 is 55.3 Å². The second kappa shape index (κ2) is 25.5. The molecule has 7 N–H and O–H groups in total. The van der Waals surface area contributed by atoms with Crippen LogP contribution in [0.15, 0.2) is 85.5 Å². The number of nitrogens with zero attached hydrogens (tertiary/aromatic N) is 5. The molecule has 6 aromatic rings. The zero-order valence-electron chi connectivity index (χ0n) is 38.5. The first kappa shape index (κ1) is 52.3. The number of aliphatic carboxylic acids is 2. The monoisotopic (exact) mass is 994 g/mol. The number of carboxylic acid groups (broad SMARTS) is 2. The van der Waals surface area contributed by atoms with Gasteiger partial charge in [0.25, 0.3) is 0 Å². The number of aromatic nitrogens is 4. The standard InChI is InChI=1S/C50H52Cl2N8O10/c1-29-34(27-69-49-43(51)12-36(20-57-23-39(61)14-45(63)64)47(59-49)67-25-32-10-31(16-53)17-55-18-32)6-4-8-41(29)42-9-5-7-35(30(42)2)28-70-50-44(52)13-37(21-58-24-40(62)15-46(65)66)48(60-50)68-26-33-11-38(54-3)22-56-19-33/h4-13,17-19,22,39-40,54,57-58,61-62H,14-15,20-21,23-28H2,1-3H3,(H,63,64)(H,65,66)/t39-,40-/m0/s1. The summed E-state index contributed by atoms with van der Waals surface area (Å²) in [5.41, 5.74) is 9.21. The van der Waals surface area contributed by atoms with Crippen LogP contribution in [0.4, 0.5) is 5.69 Å². The van der Waals surface area contributed by atoms with Crippen LogP contribution in [-0.4, -0.2) is 84.6 Å². The van der Waals surface area contributed by atoms with Gasteiger partial charge in [-0.25, -0.2) is 0 Å². The van der Waals surface area contributed by atoms with Gasteiger partial charge >= 0.3 is 11.9 Å². The molecule has 0 saturated heterocycles. The zero-order valence-corrected chi connectivity index (χ0v) is 40.1. The lowest BCUT2D eigenvalue weighted by atomic mass is 9.92. The molecule has 366 valence electrons. The predicted octanol–water partition coefficient (Wildman–Crippen LogP) is 6.94. The van der Waals surface area contributed by atoms with Gasteiger partial charge in [-0.2, -0.15) is 15.2 Å². The number of aliphatic hydroxyl groups excluding tert-OH is 2. The molecule has 0 spiro atoms. The van der Waals surface area contributed by atoms with Crippen LogP contribution in [0.2, 0.25) is 10.0 Å². The Balaban J connectivity index is 1.18. The molecule has 4 heterocycles. The fraction of sp³-hybridized carbons (Fsp3) is 0.300. The summed E-state index contributed by atoms with van der Waals surface area (Å²) in [4.78, 5) is 39.7. The molecule has 2 atom stereocenters. The van der Waals surface area contributed by atoms with Gasteiger partial charge in [-0.3, -0.25) is 19.6 Å². The van der Waals surface area contributed by atoms with Gasteiger partial charge in [0.1, 0.15) is 42.5 Å². The fourth-order valence-corrected chi connectivity index (χ4v) is 7.63. The maximum atomic E-state index is 11.1. The molecule has 18 nitrogen and oxygen atoms in total. The molecule has 0 fully saturated rings. The molecular formula is C50H52Cl2N8O10. The predicted molar refractivity (Wildman–Crippen MR) is 260 cm³/mol. The Labute approximate surface area is 414 Å². The third-order valence-electron chi connectivity index (χ3n) is 10.8. The fourth-order valence-electron chi connectivity index (χ4n) is 7.18. The molecule has 4 aromatic heterocycles. The van der Waals surface area contributed by atoms with Crippen molar-refractivity contribution in [3.05, 3.63) is 146 Å². The van der Waals surface area contributed by atoms with Crippen LogP contribution in [0.25, 0.3) is 11.1 Å². The van der Waals surface area contributed by atoms with E-state index in [4.69, 9.17) is 52.4 Å². The van der Waals surface area contributed by atoms with E-state index in [9.17, 15) is 25.1 Å². The first-order valence-electron chi connectivity index (χ1n) is 21.9. The highest BCUT2D eigenvalue weighted by molar-refractivity contribution is 6.32. The Bertz CT molecular complexity index is 2830. The van der Waals surface area contributed by atoms with Crippen LogP contribution >= 0.6 is 23.2 Å². The van der Waals surface area contributed by atoms with Crippen molar-refractivity contribution in [2.24, 2.45) is 0 Å². The molecule has 2 aromatic carbocycles. The van der Waals surface area contributed by atoms with Crippen LogP contribution in [0.3, 0.4) is 0 Å². The molecule has 0 aliphatic carbocycles. The van der Waals surface area contributed by atoms with E-state index in [0.717, 1.165) is 44.6 Å². The molecule has 0 bridgehead atoms. The van der Waals surface area contributed by atoms with Crippen molar-refractivity contribution in [1.82, 2.24) is 30.6 Å². The number of nitriles is 1. The maximum Gasteiger partial charge on any atom is 0.306 e. The highest BCUT2D eigenvalue weighted by atomic mass is 35.5. The number of rotatable bonds is 26. The first-order chi connectivity index (χ1) is 33.7. The van der Waals surface area contributed by atoms with Crippen LogP contribution in [0.1, 0.15) is 62.9 Å². The van der Waals surface area contributed by atoms with Crippen LogP contribution in [0.5, 0.6) is 23.5 Å². The Morgan fingerprint density at radius 2 is 1.10 bits per heavy atom. The van der Waals surface area contributed by atoms with Crippen molar-refractivity contribution in [1.29, 1.82) is 5.26 Å². The lowest BCUT2D eigenvalue weighted by molar-refractivity contribution is -0.140. The largest absolute Gasteiger partial charge is 0.481 e. The van der Waals surface area contributed by atoms with Crippen molar-refractivity contribution >= 4 is 40.8 Å². The van der Waals surface area contributed by atoms with E-state index in [1.807, 2.05) is 56.3 Å². The van der Waals surface area contributed by atoms with Crippen LogP contribution in [-0.2, 0) is 49.1 Å². The number of carboxylic acids is 2. The third kappa shape index (κ3) is 14.9. The molecule has 6 rings (SSSR count). The van der Waals surface area contributed by atoms with E-state index in [0.29, 0.717) is 22.3 Å². The SMILES string of the molecule is CNc1cncc(COc2nc(OCc3cccc(-c4cccc(COc5nc(OCc6cncc(C#N)c6)c(CNC[C@@H](O)CC(=O)O)cc5Cl)c4C)c3C)c(Cl)cc2CNC[C@@H](O)CC(=O)O)c1. The smallest absolute Gasteiger partial charge is 0.306 e. The van der Waals surface area contributed by atoms with Crippen molar-refractivity contribution in [2.75, 3.05) is 25.5 Å². The number of aliphatic hydroxyl groups is 2. The van der Waals surface area contributed by atoms with E-state index in [2.05, 4.69) is 42.0 Å². The Morgan fingerprint density at radius 3 is 1.56 bits per heavy atom. The van der Waals surface area contributed by atoms with Gasteiger partial charge in [0, 0.05) is 80.3 Å². The summed E-state index contributed by atoms with van der Waals surface area (Å²) < 4.78 is 24.8. The maximum absolute atomic E-state index is 11.1. The summed E-state index contributed by atoms with van der Waals surface area (Å²) in [5, 5.41) is 57.1. The minimum atomic E-state index is -1.12. The van der Waals surface area contributed by atoms with Gasteiger partial charge in [0.2, 0.25) is 23.5 Å². The number of benzene rings is 2. The molecule has 0 radical (unpaired) electrons. The van der Waals surface area contributed by atoms with E-state index >= 15 is 0 Å². The Hall–Kier alpha value is -7.11. The van der Waals surface area contributed by atoms with Gasteiger partial charge in [0.15, 0.2) is 0 Å². The lowest BCUT2D eigenvalue weighted by Crippen LogP contribution is -2.28. The van der Waals surface area contributed by atoms with Crippen molar-refractivity contribution < 1.29 is 49.0 Å². The highest BCUT2D eigenvalue weighted by Crippen LogP contribution is 2.35. The molecule has 0 unspecified atom stereocenters. The average molecular weight is 996 g/mol. The van der Waals surface area contributed by atoms with Crippen LogP contribution in [0, 0.1) is 25.2 Å². The average Bonchev–Trinajstić information content (AvgIpc) is 3.33. The van der Waals surface area contributed by atoms with Gasteiger partial charge in [-0.05, 0) is 71.5 Å². The van der Waals surface area contributed by atoms with E-state index in [-0.39, 0.29) is 86.2 Å². The molecule has 0 amide bonds. The highest BCUT2D eigenvalue weighted by Gasteiger charge is 2.20. The Kier molecular flexibility index (Phi) is 19.0. The number of hydrogen-bond donors (Lipinski definition) is 7. The number of ether oxygens (including phenoxy) is 4. The summed E-state index contributed by atoms with van der Waals surface area (Å²) in [6.07, 6.45) is 3.33. The second-order valence-electron chi connectivity index (χ2n) is 16.1. The van der Waals surface area contributed by atoms with Gasteiger partial charge in [0.05, 0.1) is 36.3 Å². The van der Waals surface area contributed by atoms with Gasteiger partial charge in [-0.15, -0.1) is 0 Å². The molecule has 0 saturated carbocycles. The van der Waals surface area contributed by atoms with E-state index in [1.165, 1.54) is 6.20 Å². The number of hydrogen-bond acceptors (Lipinski definition) is 16. The van der Waals surface area contributed by atoms with E-state index < -0.39 is 37.0 Å². The topological polar surface area (TPSA) is 263 Å². The van der Waals surface area contributed by atoms with Crippen molar-refractivity contribution in [2.45, 2.75) is 78.4 Å². The number of carbonyl (C=O) groups is 2. The summed E-state index contributed by atoms with van der Waals surface area (Å²) in [6.45, 7) is 4.69. The number of halogens is 2. The Morgan fingerprint density at radius 1 is 0.643 bits per heavy atom. The molecule has 20 heteroatoms. The number of nitrogens with one attached hydrogen (secondary N) is 3. The van der Waals surface area contributed by atoms with Crippen molar-refractivity contribution in [3.8, 4) is 40.7 Å². The second-order valence-corrected chi connectivity index (χ2v) is 16.9. The van der Waals surface area contributed by atoms with Crippen LogP contribution < -0.4 is 34.9 Å². The summed E-state index contributed by atoms with van der Waals surface area (Å²) in [7, 11) is 1.79. The first-order valence-corrected chi connectivity index (χ1v) is 22.7. The summed E-state index contributed by atoms with van der Waals surface area (Å²) in [5.74, 6) is -1.59. The molecular weight excluding hydrogens is 944 g/mol. The molecule has 0 aliphatic heterocycles. The molecule has 70 heavy (non-hydrogen) atoms. The number of pyridine rings is 4. The lowest BCUT2D eigenvalue weighted by Gasteiger charge is -2.18. The molecule has 0 aliphatic rings. The minimum absolute atomic E-state index is 0.00470. The third-order valence-corrected chi connectivity index (χ3v) is 11.4. The quantitative estimate of drug-likeness (QED) is 0.0290. The number of anilines is 1. The summed E-state index contributed by atoms with van der Waals surface area (Å²) in [6, 6.07) is 20.7. The van der Waals surface area contributed by atoms with Gasteiger partial charge in [-0.1, -0.05) is 59.6 Å². The minimum Gasteiger partial charge on any atom is -0.481 e. The normalized spacial score (nSPS) is 11.9. The van der Waals surface area contributed by atoms with E-state index in [1.54, 1.807) is 43.8 Å². The van der Waals surface area contributed by atoms with Crippen molar-refractivity contribution in [3.63, 3.8) is 0 Å².